The van der Waals surface area contributed by atoms with Gasteiger partial charge in [0.05, 0.1) is 24.1 Å². The average Bonchev–Trinajstić information content (AvgIpc) is 2.30. The van der Waals surface area contributed by atoms with Crippen molar-refractivity contribution in [2.75, 3.05) is 7.11 Å². The molecule has 0 heterocycles. The molecule has 0 aliphatic heterocycles. The fraction of sp³-hybridized carbons (Fsp3) is 0.364. The van der Waals surface area contributed by atoms with E-state index < -0.39 is 46.6 Å². The number of ether oxygens (including phenoxy) is 1. The Balaban J connectivity index is 3.19. The molecule has 0 saturated carbocycles. The van der Waals surface area contributed by atoms with E-state index >= 15 is 0 Å². The number of hydrogen-bond donors (Lipinski definition) is 1. The third-order valence-corrected chi connectivity index (χ3v) is 2.67. The van der Waals surface area contributed by atoms with Crippen molar-refractivity contribution in [2.24, 2.45) is 5.73 Å². The van der Waals surface area contributed by atoms with Gasteiger partial charge in [0, 0.05) is 11.6 Å². The van der Waals surface area contributed by atoms with E-state index in [1.54, 1.807) is 0 Å². The molecule has 1 aromatic carbocycles. The first-order valence-electron chi connectivity index (χ1n) is 5.05. The molecule has 0 saturated heterocycles. The summed E-state index contributed by atoms with van der Waals surface area (Å²) < 4.78 is 55.6. The molecule has 0 spiro atoms. The maximum absolute atomic E-state index is 13.6. The van der Waals surface area contributed by atoms with Gasteiger partial charge in [-0.15, -0.1) is 0 Å². The Labute approximate surface area is 111 Å². The SMILES string of the molecule is COC(=O)C[C@H](N)c1cc(C(F)(F)F)cc(Cl)c1F. The van der Waals surface area contributed by atoms with E-state index in [1.165, 1.54) is 0 Å². The van der Waals surface area contributed by atoms with Gasteiger partial charge in [-0.1, -0.05) is 11.6 Å². The maximum Gasteiger partial charge on any atom is 0.416 e. The highest BCUT2D eigenvalue weighted by Gasteiger charge is 2.33. The first-order valence-corrected chi connectivity index (χ1v) is 5.43. The van der Waals surface area contributed by atoms with Gasteiger partial charge in [0.2, 0.25) is 0 Å². The van der Waals surface area contributed by atoms with Crippen LogP contribution in [0, 0.1) is 5.82 Å². The van der Waals surface area contributed by atoms with Gasteiger partial charge in [0.15, 0.2) is 0 Å². The van der Waals surface area contributed by atoms with Crippen LogP contribution in [0.2, 0.25) is 5.02 Å². The number of rotatable bonds is 3. The second kappa shape index (κ2) is 5.75. The van der Waals surface area contributed by atoms with Crippen molar-refractivity contribution in [3.8, 4) is 0 Å². The molecule has 1 rings (SSSR count). The standard InChI is InChI=1S/C11H10ClF4NO2/c1-19-9(18)4-8(17)6-2-5(11(14,15)16)3-7(12)10(6)13/h2-3,8H,4,17H2,1H3/t8-/m0/s1. The Morgan fingerprint density at radius 2 is 2.05 bits per heavy atom. The molecular formula is C11H10ClF4NO2. The van der Waals surface area contributed by atoms with Crippen LogP contribution >= 0.6 is 11.6 Å². The summed E-state index contributed by atoms with van der Waals surface area (Å²) in [5.41, 5.74) is 3.87. The number of hydrogen-bond acceptors (Lipinski definition) is 3. The first-order chi connectivity index (χ1) is 8.66. The highest BCUT2D eigenvalue weighted by atomic mass is 35.5. The molecule has 0 aliphatic carbocycles. The van der Waals surface area contributed by atoms with Crippen LogP contribution in [0.4, 0.5) is 17.6 Å². The molecule has 0 unspecified atom stereocenters. The van der Waals surface area contributed by atoms with Crippen molar-refractivity contribution >= 4 is 17.6 Å². The highest BCUT2D eigenvalue weighted by Crippen LogP contribution is 2.35. The van der Waals surface area contributed by atoms with Gasteiger partial charge >= 0.3 is 12.1 Å². The number of nitrogens with two attached hydrogens (primary N) is 1. The van der Waals surface area contributed by atoms with Gasteiger partial charge in [-0.25, -0.2) is 4.39 Å². The van der Waals surface area contributed by atoms with Crippen LogP contribution < -0.4 is 5.73 Å². The second-order valence-corrected chi connectivity index (χ2v) is 4.15. The zero-order valence-electron chi connectivity index (χ0n) is 9.72. The summed E-state index contributed by atoms with van der Waals surface area (Å²) in [6, 6.07) is -0.271. The summed E-state index contributed by atoms with van der Waals surface area (Å²) in [5, 5.41) is -0.704. The van der Waals surface area contributed by atoms with E-state index in [-0.39, 0.29) is 0 Å². The molecule has 2 N–H and O–H groups in total. The van der Waals surface area contributed by atoms with E-state index in [1.807, 2.05) is 0 Å². The van der Waals surface area contributed by atoms with Gasteiger partial charge < -0.3 is 10.5 Å². The van der Waals surface area contributed by atoms with Gasteiger partial charge in [-0.3, -0.25) is 4.79 Å². The Bertz CT molecular complexity index is 490. The molecule has 3 nitrogen and oxygen atoms in total. The highest BCUT2D eigenvalue weighted by molar-refractivity contribution is 6.30. The first kappa shape index (κ1) is 15.7. The Kier molecular flexibility index (Phi) is 4.75. The molecule has 19 heavy (non-hydrogen) atoms. The number of methoxy groups -OCH3 is 1. The van der Waals surface area contributed by atoms with Gasteiger partial charge in [0.1, 0.15) is 5.82 Å². The minimum atomic E-state index is -4.68. The molecule has 1 aromatic rings. The summed E-state index contributed by atoms with van der Waals surface area (Å²) in [4.78, 5) is 11.0. The number of halogens is 5. The quantitative estimate of drug-likeness (QED) is 0.689. The molecular weight excluding hydrogens is 290 g/mol. The largest absolute Gasteiger partial charge is 0.469 e. The van der Waals surface area contributed by atoms with Crippen LogP contribution in [0.3, 0.4) is 0 Å². The molecule has 0 aliphatic rings. The average molecular weight is 300 g/mol. The fourth-order valence-corrected chi connectivity index (χ4v) is 1.64. The van der Waals surface area contributed by atoms with Crippen LogP contribution in [-0.2, 0) is 15.7 Å². The molecule has 0 radical (unpaired) electrons. The summed E-state index contributed by atoms with van der Waals surface area (Å²) in [5.74, 6) is -1.84. The zero-order valence-corrected chi connectivity index (χ0v) is 10.5. The normalized spacial score (nSPS) is 13.2. The summed E-state index contributed by atoms with van der Waals surface area (Å²) in [6.07, 6.45) is -5.14. The number of esters is 1. The molecule has 8 heteroatoms. The van der Waals surface area contributed by atoms with Crippen LogP contribution in [0.15, 0.2) is 12.1 Å². The smallest absolute Gasteiger partial charge is 0.416 e. The van der Waals surface area contributed by atoms with Crippen molar-refractivity contribution < 1.29 is 27.1 Å². The number of carbonyl (C=O) groups excluding carboxylic acids is 1. The maximum atomic E-state index is 13.6. The van der Waals surface area contributed by atoms with E-state index in [2.05, 4.69) is 4.74 Å². The Hall–Kier alpha value is -1.34. The monoisotopic (exact) mass is 299 g/mol. The Morgan fingerprint density at radius 3 is 2.53 bits per heavy atom. The minimum absolute atomic E-state index is 0.453. The number of alkyl halides is 3. The predicted molar refractivity (Wildman–Crippen MR) is 60.0 cm³/mol. The predicted octanol–water partition coefficient (Wildman–Crippen LogP) is 3.06. The van der Waals surface area contributed by atoms with Crippen molar-refractivity contribution in [1.29, 1.82) is 0 Å². The van der Waals surface area contributed by atoms with Crippen LogP contribution in [0.1, 0.15) is 23.6 Å². The van der Waals surface area contributed by atoms with Crippen LogP contribution in [-0.4, -0.2) is 13.1 Å². The molecule has 1 atom stereocenters. The van der Waals surface area contributed by atoms with Crippen molar-refractivity contribution in [3.05, 3.63) is 34.1 Å². The number of benzene rings is 1. The lowest BCUT2D eigenvalue weighted by Crippen LogP contribution is -2.19. The second-order valence-electron chi connectivity index (χ2n) is 3.75. The fourth-order valence-electron chi connectivity index (χ4n) is 1.42. The lowest BCUT2D eigenvalue weighted by Gasteiger charge is -2.15. The van der Waals surface area contributed by atoms with Crippen LogP contribution in [0.25, 0.3) is 0 Å². The molecule has 0 fully saturated rings. The topological polar surface area (TPSA) is 52.3 Å². The van der Waals surface area contributed by atoms with Crippen molar-refractivity contribution in [3.63, 3.8) is 0 Å². The molecule has 0 amide bonds. The van der Waals surface area contributed by atoms with E-state index in [0.717, 1.165) is 7.11 Å². The van der Waals surface area contributed by atoms with Gasteiger partial charge in [0.25, 0.3) is 0 Å². The number of carbonyl (C=O) groups is 1. The van der Waals surface area contributed by atoms with Crippen LogP contribution in [0.5, 0.6) is 0 Å². The summed E-state index contributed by atoms with van der Waals surface area (Å²) in [6.45, 7) is 0. The zero-order chi connectivity index (χ0) is 14.8. The van der Waals surface area contributed by atoms with Gasteiger partial charge in [-0.05, 0) is 12.1 Å². The third-order valence-electron chi connectivity index (χ3n) is 2.40. The van der Waals surface area contributed by atoms with E-state index in [4.69, 9.17) is 17.3 Å². The Morgan fingerprint density at radius 1 is 1.47 bits per heavy atom. The van der Waals surface area contributed by atoms with Crippen molar-refractivity contribution in [1.82, 2.24) is 0 Å². The summed E-state index contributed by atoms with van der Waals surface area (Å²) in [7, 11) is 1.09. The van der Waals surface area contributed by atoms with E-state index in [9.17, 15) is 22.4 Å². The lowest BCUT2D eigenvalue weighted by molar-refractivity contribution is -0.141. The molecule has 0 aromatic heterocycles. The minimum Gasteiger partial charge on any atom is -0.469 e. The molecule has 0 bridgehead atoms. The van der Waals surface area contributed by atoms with Crippen molar-refractivity contribution in [2.45, 2.75) is 18.6 Å². The van der Waals surface area contributed by atoms with Gasteiger partial charge in [-0.2, -0.15) is 13.2 Å². The summed E-state index contributed by atoms with van der Waals surface area (Å²) >= 11 is 5.39. The van der Waals surface area contributed by atoms with E-state index in [0.29, 0.717) is 12.1 Å². The lowest BCUT2D eigenvalue weighted by atomic mass is 10.0. The third kappa shape index (κ3) is 3.81. The molecule has 106 valence electrons.